The summed E-state index contributed by atoms with van der Waals surface area (Å²) < 4.78 is 5.79. The number of hydrogen-bond donors (Lipinski definition) is 2. The third kappa shape index (κ3) is 3.27. The highest BCUT2D eigenvalue weighted by Gasteiger charge is 2.26. The molecule has 1 aliphatic carbocycles. The fourth-order valence-electron chi connectivity index (χ4n) is 4.26. The van der Waals surface area contributed by atoms with Crippen LogP contribution in [0.3, 0.4) is 0 Å². The van der Waals surface area contributed by atoms with Crippen molar-refractivity contribution in [2.45, 2.75) is 39.0 Å². The van der Waals surface area contributed by atoms with Crippen LogP contribution >= 0.6 is 11.3 Å². The molecule has 1 aromatic carbocycles. The van der Waals surface area contributed by atoms with Crippen LogP contribution in [0.2, 0.25) is 0 Å². The monoisotopic (exact) mass is 417 g/mol. The van der Waals surface area contributed by atoms with Crippen molar-refractivity contribution in [1.82, 2.24) is 4.98 Å². The summed E-state index contributed by atoms with van der Waals surface area (Å²) in [5, 5.41) is 3.81. The molecule has 0 fully saturated rings. The molecule has 4 aromatic rings. The number of nitrogens with two attached hydrogens (primary N) is 1. The standard InChI is InChI=1S/C24H23N3O2S/c1-14-7-5-8-15(13-14)26-23(28)22-21(25)20-19(18-11-6-12-29-18)16-9-3-2-4-10-17(16)27-24(20)30-22/h5-8,11-13H,2-4,9-10,25H2,1H3,(H,26,28). The van der Waals surface area contributed by atoms with Crippen LogP contribution in [0.4, 0.5) is 11.4 Å². The molecule has 1 aliphatic rings. The highest BCUT2D eigenvalue weighted by atomic mass is 32.1. The number of carbonyl (C=O) groups excluding carboxylic acids is 1. The molecule has 0 atom stereocenters. The Kier molecular flexibility index (Phi) is 4.79. The quantitative estimate of drug-likeness (QED) is 0.403. The van der Waals surface area contributed by atoms with Crippen LogP contribution in [0, 0.1) is 6.92 Å². The Labute approximate surface area is 178 Å². The van der Waals surface area contributed by atoms with Gasteiger partial charge in [0, 0.05) is 22.3 Å². The molecule has 3 heterocycles. The van der Waals surface area contributed by atoms with E-state index in [1.54, 1.807) is 6.26 Å². The Balaban J connectivity index is 1.66. The first kappa shape index (κ1) is 18.9. The molecule has 0 unspecified atom stereocenters. The minimum Gasteiger partial charge on any atom is -0.464 e. The predicted molar refractivity (Wildman–Crippen MR) is 122 cm³/mol. The summed E-state index contributed by atoms with van der Waals surface area (Å²) in [5.74, 6) is 0.581. The fraction of sp³-hybridized carbons (Fsp3) is 0.250. The van der Waals surface area contributed by atoms with Crippen molar-refractivity contribution < 1.29 is 9.21 Å². The fourth-order valence-corrected chi connectivity index (χ4v) is 5.28. The molecule has 0 spiro atoms. The van der Waals surface area contributed by atoms with E-state index in [-0.39, 0.29) is 5.91 Å². The average molecular weight is 418 g/mol. The second-order valence-electron chi connectivity index (χ2n) is 7.80. The van der Waals surface area contributed by atoms with Gasteiger partial charge in [-0.1, -0.05) is 18.6 Å². The van der Waals surface area contributed by atoms with Crippen molar-refractivity contribution in [3.63, 3.8) is 0 Å². The van der Waals surface area contributed by atoms with E-state index in [4.69, 9.17) is 15.1 Å². The molecular formula is C24H23N3O2S. The number of aromatic nitrogens is 1. The molecule has 0 radical (unpaired) electrons. The first-order chi connectivity index (χ1) is 14.6. The van der Waals surface area contributed by atoms with Crippen LogP contribution in [-0.2, 0) is 12.8 Å². The Morgan fingerprint density at radius 2 is 2.03 bits per heavy atom. The molecule has 0 saturated carbocycles. The van der Waals surface area contributed by atoms with Crippen LogP contribution < -0.4 is 11.1 Å². The summed E-state index contributed by atoms with van der Waals surface area (Å²) in [6.07, 6.45) is 7.03. The lowest BCUT2D eigenvalue weighted by molar-refractivity contribution is 0.103. The molecule has 30 heavy (non-hydrogen) atoms. The number of anilines is 2. The molecule has 0 aliphatic heterocycles. The summed E-state index contributed by atoms with van der Waals surface area (Å²) in [6, 6.07) is 11.6. The molecule has 5 rings (SSSR count). The SMILES string of the molecule is Cc1cccc(NC(=O)c2sc3nc4c(c(-c5ccco5)c3c2N)CCCCC4)c1. The van der Waals surface area contributed by atoms with E-state index in [9.17, 15) is 4.79 Å². The minimum absolute atomic E-state index is 0.207. The largest absolute Gasteiger partial charge is 0.464 e. The first-order valence-electron chi connectivity index (χ1n) is 10.3. The van der Waals surface area contributed by atoms with Gasteiger partial charge in [0.05, 0.1) is 12.0 Å². The van der Waals surface area contributed by atoms with Gasteiger partial charge in [-0.25, -0.2) is 4.98 Å². The lowest BCUT2D eigenvalue weighted by atomic mass is 9.96. The average Bonchev–Trinajstić information content (AvgIpc) is 3.29. The van der Waals surface area contributed by atoms with Gasteiger partial charge in [-0.2, -0.15) is 0 Å². The van der Waals surface area contributed by atoms with Gasteiger partial charge < -0.3 is 15.5 Å². The molecule has 152 valence electrons. The number of carbonyl (C=O) groups is 1. The van der Waals surface area contributed by atoms with Crippen LogP contribution in [0.1, 0.15) is 45.8 Å². The van der Waals surface area contributed by atoms with E-state index in [2.05, 4.69) is 5.32 Å². The Morgan fingerprint density at radius 3 is 2.83 bits per heavy atom. The van der Waals surface area contributed by atoms with Gasteiger partial charge in [-0.3, -0.25) is 4.79 Å². The molecule has 1 amide bonds. The lowest BCUT2D eigenvalue weighted by Crippen LogP contribution is -2.12. The molecule has 3 aromatic heterocycles. The number of aryl methyl sites for hydroxylation is 2. The van der Waals surface area contributed by atoms with Crippen LogP contribution in [-0.4, -0.2) is 10.9 Å². The number of nitrogens with one attached hydrogen (secondary N) is 1. The topological polar surface area (TPSA) is 81.2 Å². The van der Waals surface area contributed by atoms with Crippen molar-refractivity contribution in [2.24, 2.45) is 0 Å². The minimum atomic E-state index is -0.207. The van der Waals surface area contributed by atoms with Crippen LogP contribution in [0.5, 0.6) is 0 Å². The van der Waals surface area contributed by atoms with Gasteiger partial charge in [-0.15, -0.1) is 11.3 Å². The van der Waals surface area contributed by atoms with Crippen molar-refractivity contribution in [1.29, 1.82) is 0 Å². The van der Waals surface area contributed by atoms with Crippen molar-refractivity contribution in [3.8, 4) is 11.3 Å². The number of rotatable bonds is 3. The van der Waals surface area contributed by atoms with Gasteiger partial charge in [0.2, 0.25) is 0 Å². The van der Waals surface area contributed by atoms with Crippen molar-refractivity contribution in [3.05, 3.63) is 64.4 Å². The summed E-state index contributed by atoms with van der Waals surface area (Å²) in [4.78, 5) is 19.3. The molecule has 5 nitrogen and oxygen atoms in total. The van der Waals surface area contributed by atoms with Gasteiger partial charge >= 0.3 is 0 Å². The maximum Gasteiger partial charge on any atom is 0.267 e. The third-order valence-corrected chi connectivity index (χ3v) is 6.75. The van der Waals surface area contributed by atoms with E-state index in [1.165, 1.54) is 23.3 Å². The number of hydrogen-bond acceptors (Lipinski definition) is 5. The third-order valence-electron chi connectivity index (χ3n) is 5.65. The van der Waals surface area contributed by atoms with Crippen molar-refractivity contribution >= 4 is 38.8 Å². The number of pyridine rings is 1. The highest BCUT2D eigenvalue weighted by Crippen LogP contribution is 2.43. The van der Waals surface area contributed by atoms with E-state index >= 15 is 0 Å². The van der Waals surface area contributed by atoms with Crippen LogP contribution in [0.15, 0.2) is 47.1 Å². The smallest absolute Gasteiger partial charge is 0.267 e. The Morgan fingerprint density at radius 1 is 1.17 bits per heavy atom. The number of benzene rings is 1. The first-order valence-corrected chi connectivity index (χ1v) is 11.1. The van der Waals surface area contributed by atoms with E-state index < -0.39 is 0 Å². The molecular weight excluding hydrogens is 394 g/mol. The molecule has 0 bridgehead atoms. The summed E-state index contributed by atoms with van der Waals surface area (Å²) in [7, 11) is 0. The van der Waals surface area contributed by atoms with Gasteiger partial charge in [0.15, 0.2) is 0 Å². The highest BCUT2D eigenvalue weighted by molar-refractivity contribution is 7.21. The van der Waals surface area contributed by atoms with Crippen LogP contribution in [0.25, 0.3) is 21.5 Å². The van der Waals surface area contributed by atoms with E-state index in [0.717, 1.165) is 64.2 Å². The van der Waals surface area contributed by atoms with Crippen molar-refractivity contribution in [2.75, 3.05) is 11.1 Å². The van der Waals surface area contributed by atoms with E-state index in [0.29, 0.717) is 10.6 Å². The molecule has 3 N–H and O–H groups in total. The number of thiophene rings is 1. The Bertz CT molecular complexity index is 1240. The predicted octanol–water partition coefficient (Wildman–Crippen LogP) is 5.97. The van der Waals surface area contributed by atoms with Gasteiger partial charge in [-0.05, 0) is 68.0 Å². The number of fused-ring (bicyclic) bond motifs is 2. The number of amides is 1. The van der Waals surface area contributed by atoms with E-state index in [1.807, 2.05) is 43.3 Å². The Hall–Kier alpha value is -3.12. The lowest BCUT2D eigenvalue weighted by Gasteiger charge is -2.12. The maximum absolute atomic E-state index is 13.1. The summed E-state index contributed by atoms with van der Waals surface area (Å²) in [5.41, 5.74) is 12.2. The number of nitrogens with zero attached hydrogens (tertiary/aromatic N) is 1. The second-order valence-corrected chi connectivity index (χ2v) is 8.80. The zero-order chi connectivity index (χ0) is 20.7. The molecule has 6 heteroatoms. The van der Waals surface area contributed by atoms with Gasteiger partial charge in [0.1, 0.15) is 15.5 Å². The number of nitrogen functional groups attached to an aromatic ring is 1. The molecule has 0 saturated heterocycles. The summed E-state index contributed by atoms with van der Waals surface area (Å²) in [6.45, 7) is 2.00. The zero-order valence-electron chi connectivity index (χ0n) is 16.8. The second kappa shape index (κ2) is 7.61. The number of furan rings is 1. The van der Waals surface area contributed by atoms with Gasteiger partial charge in [0.25, 0.3) is 5.91 Å². The normalized spacial score (nSPS) is 13.8. The summed E-state index contributed by atoms with van der Waals surface area (Å²) >= 11 is 1.36. The zero-order valence-corrected chi connectivity index (χ0v) is 17.6. The maximum atomic E-state index is 13.1.